The van der Waals surface area contributed by atoms with Crippen LogP contribution in [0.2, 0.25) is 0 Å². The Morgan fingerprint density at radius 3 is 2.52 bits per heavy atom. The molecule has 3 rings (SSSR count). The number of urea groups is 1. The van der Waals surface area contributed by atoms with Crippen molar-refractivity contribution in [1.29, 1.82) is 0 Å². The molecule has 2 saturated heterocycles. The van der Waals surface area contributed by atoms with Gasteiger partial charge in [-0.2, -0.15) is 0 Å². The Labute approximate surface area is 125 Å². The van der Waals surface area contributed by atoms with Crippen molar-refractivity contribution in [2.75, 3.05) is 20.1 Å². The first-order valence-corrected chi connectivity index (χ1v) is 7.97. The number of nitrogens with zero attached hydrogens (tertiary/aromatic N) is 3. The summed E-state index contributed by atoms with van der Waals surface area (Å²) in [5.74, 6) is -0.312. The van der Waals surface area contributed by atoms with Crippen LogP contribution >= 0.6 is 0 Å². The van der Waals surface area contributed by atoms with Gasteiger partial charge in [-0.3, -0.25) is 14.5 Å². The highest BCUT2D eigenvalue weighted by Crippen LogP contribution is 2.27. The quantitative estimate of drug-likeness (QED) is 0.735. The average Bonchev–Trinajstić information content (AvgIpc) is 3.07. The van der Waals surface area contributed by atoms with E-state index in [1.165, 1.54) is 6.42 Å². The van der Waals surface area contributed by atoms with Gasteiger partial charge in [0, 0.05) is 19.6 Å². The van der Waals surface area contributed by atoms with Gasteiger partial charge in [-0.15, -0.1) is 0 Å². The Kier molecular flexibility index (Phi) is 3.87. The Morgan fingerprint density at radius 2 is 1.86 bits per heavy atom. The van der Waals surface area contributed by atoms with Crippen LogP contribution in [0.3, 0.4) is 0 Å². The standard InChI is InChI=1S/C15H23N3O3/c1-16(11-6-3-2-4-7-11)13(19)10-18-14(20)12-8-5-9-17(12)15(18)21/h11-12H,2-10H2,1H3. The molecule has 1 aliphatic carbocycles. The van der Waals surface area contributed by atoms with E-state index in [2.05, 4.69) is 0 Å². The molecule has 3 aliphatic rings. The van der Waals surface area contributed by atoms with Crippen LogP contribution in [0.5, 0.6) is 0 Å². The average molecular weight is 293 g/mol. The molecule has 6 heteroatoms. The van der Waals surface area contributed by atoms with Gasteiger partial charge in [0.25, 0.3) is 5.91 Å². The summed E-state index contributed by atoms with van der Waals surface area (Å²) < 4.78 is 0. The van der Waals surface area contributed by atoms with Crippen molar-refractivity contribution >= 4 is 17.8 Å². The van der Waals surface area contributed by atoms with Gasteiger partial charge in [0.15, 0.2) is 0 Å². The second-order valence-electron chi connectivity index (χ2n) is 6.35. The number of carbonyl (C=O) groups is 3. The number of amides is 4. The zero-order chi connectivity index (χ0) is 15.0. The molecule has 1 atom stereocenters. The van der Waals surface area contributed by atoms with Crippen LogP contribution in [-0.4, -0.2) is 64.8 Å². The first kappa shape index (κ1) is 14.4. The highest BCUT2D eigenvalue weighted by atomic mass is 16.2. The summed E-state index contributed by atoms with van der Waals surface area (Å²) in [6.45, 7) is 0.538. The highest BCUT2D eigenvalue weighted by Gasteiger charge is 2.48. The number of fused-ring (bicyclic) bond motifs is 1. The number of carbonyl (C=O) groups excluding carboxylic acids is 3. The van der Waals surface area contributed by atoms with E-state index in [-0.39, 0.29) is 36.5 Å². The van der Waals surface area contributed by atoms with Gasteiger partial charge < -0.3 is 9.80 Å². The normalized spacial score (nSPS) is 26.4. The van der Waals surface area contributed by atoms with Gasteiger partial charge >= 0.3 is 6.03 Å². The summed E-state index contributed by atoms with van der Waals surface area (Å²) in [4.78, 5) is 41.3. The molecule has 2 heterocycles. The molecule has 1 unspecified atom stereocenters. The lowest BCUT2D eigenvalue weighted by molar-refractivity contribution is -0.138. The molecule has 3 fully saturated rings. The molecule has 0 radical (unpaired) electrons. The molecular formula is C15H23N3O3. The van der Waals surface area contributed by atoms with Crippen molar-refractivity contribution in [2.24, 2.45) is 0 Å². The van der Waals surface area contributed by atoms with Crippen LogP contribution in [-0.2, 0) is 9.59 Å². The summed E-state index contributed by atoms with van der Waals surface area (Å²) in [6.07, 6.45) is 7.20. The molecule has 0 N–H and O–H groups in total. The lowest BCUT2D eigenvalue weighted by atomic mass is 9.94. The van der Waals surface area contributed by atoms with Gasteiger partial charge in [0.2, 0.25) is 5.91 Å². The zero-order valence-electron chi connectivity index (χ0n) is 12.6. The van der Waals surface area contributed by atoms with E-state index < -0.39 is 0 Å². The Bertz CT molecular complexity index is 437. The van der Waals surface area contributed by atoms with Gasteiger partial charge in [-0.25, -0.2) is 4.79 Å². The monoisotopic (exact) mass is 293 g/mol. The van der Waals surface area contributed by atoms with Gasteiger partial charge in [-0.05, 0) is 25.7 Å². The maximum atomic E-state index is 12.4. The van der Waals surface area contributed by atoms with Gasteiger partial charge in [0.05, 0.1) is 0 Å². The SMILES string of the molecule is CN(C(=O)CN1C(=O)C2CCCN2C1=O)C1CCCCC1. The Morgan fingerprint density at radius 1 is 1.14 bits per heavy atom. The molecule has 0 bridgehead atoms. The third-order valence-corrected chi connectivity index (χ3v) is 5.09. The molecular weight excluding hydrogens is 270 g/mol. The smallest absolute Gasteiger partial charge is 0.327 e. The van der Waals surface area contributed by atoms with Crippen LogP contribution < -0.4 is 0 Å². The predicted molar refractivity (Wildman–Crippen MR) is 76.5 cm³/mol. The maximum Gasteiger partial charge on any atom is 0.327 e. The summed E-state index contributed by atoms with van der Waals surface area (Å²) in [6, 6.07) is -0.336. The van der Waals surface area contributed by atoms with Crippen LogP contribution in [0.4, 0.5) is 4.79 Å². The first-order chi connectivity index (χ1) is 10.1. The number of hydrogen-bond acceptors (Lipinski definition) is 3. The molecule has 4 amide bonds. The second kappa shape index (κ2) is 5.66. The summed E-state index contributed by atoms with van der Waals surface area (Å²) in [5, 5.41) is 0. The maximum absolute atomic E-state index is 12.4. The second-order valence-corrected chi connectivity index (χ2v) is 6.35. The number of imide groups is 1. The number of likely N-dealkylation sites (N-methyl/N-ethyl adjacent to an activating group) is 1. The summed E-state index contributed by atoms with van der Waals surface area (Å²) in [7, 11) is 1.80. The van der Waals surface area contributed by atoms with Crippen LogP contribution in [0.25, 0.3) is 0 Å². The third-order valence-electron chi connectivity index (χ3n) is 5.09. The topological polar surface area (TPSA) is 60.9 Å². The molecule has 1 saturated carbocycles. The molecule has 21 heavy (non-hydrogen) atoms. The molecule has 0 spiro atoms. The van der Waals surface area contributed by atoms with Crippen LogP contribution in [0, 0.1) is 0 Å². The minimum absolute atomic E-state index is 0.0995. The fourth-order valence-corrected chi connectivity index (χ4v) is 3.75. The minimum Gasteiger partial charge on any atom is -0.341 e. The Balaban J connectivity index is 1.62. The largest absolute Gasteiger partial charge is 0.341 e. The zero-order valence-corrected chi connectivity index (χ0v) is 12.6. The van der Waals surface area contributed by atoms with E-state index >= 15 is 0 Å². The lowest BCUT2D eigenvalue weighted by Gasteiger charge is -2.32. The fraction of sp³-hybridized carbons (Fsp3) is 0.800. The fourth-order valence-electron chi connectivity index (χ4n) is 3.75. The van der Waals surface area contributed by atoms with Crippen molar-refractivity contribution in [3.8, 4) is 0 Å². The van der Waals surface area contributed by atoms with Crippen molar-refractivity contribution < 1.29 is 14.4 Å². The first-order valence-electron chi connectivity index (χ1n) is 7.97. The molecule has 0 aromatic heterocycles. The molecule has 2 aliphatic heterocycles. The highest BCUT2D eigenvalue weighted by molar-refractivity contribution is 6.06. The van der Waals surface area contributed by atoms with Crippen molar-refractivity contribution in [3.05, 3.63) is 0 Å². The van der Waals surface area contributed by atoms with Gasteiger partial charge in [0.1, 0.15) is 12.6 Å². The van der Waals surface area contributed by atoms with Gasteiger partial charge in [-0.1, -0.05) is 19.3 Å². The van der Waals surface area contributed by atoms with Crippen LogP contribution in [0.15, 0.2) is 0 Å². The third kappa shape index (κ3) is 2.51. The summed E-state index contributed by atoms with van der Waals surface area (Å²) in [5.41, 5.74) is 0. The van der Waals surface area contributed by atoms with E-state index in [9.17, 15) is 14.4 Å². The molecule has 116 valence electrons. The Hall–Kier alpha value is -1.59. The molecule has 6 nitrogen and oxygen atoms in total. The molecule has 0 aromatic carbocycles. The minimum atomic E-state index is -0.315. The molecule has 0 aromatic rings. The van der Waals surface area contributed by atoms with Crippen LogP contribution in [0.1, 0.15) is 44.9 Å². The van der Waals surface area contributed by atoms with E-state index in [1.807, 2.05) is 0 Å². The van der Waals surface area contributed by atoms with E-state index in [0.29, 0.717) is 6.54 Å². The van der Waals surface area contributed by atoms with Crippen molar-refractivity contribution in [1.82, 2.24) is 14.7 Å². The number of hydrogen-bond donors (Lipinski definition) is 0. The van der Waals surface area contributed by atoms with E-state index in [4.69, 9.17) is 0 Å². The number of rotatable bonds is 3. The predicted octanol–water partition coefficient (Wildman–Crippen LogP) is 1.20. The van der Waals surface area contributed by atoms with Crippen molar-refractivity contribution in [3.63, 3.8) is 0 Å². The van der Waals surface area contributed by atoms with E-state index in [0.717, 1.165) is 43.4 Å². The lowest BCUT2D eigenvalue weighted by Crippen LogP contribution is -2.46. The van der Waals surface area contributed by atoms with Crippen molar-refractivity contribution in [2.45, 2.75) is 57.0 Å². The van der Waals surface area contributed by atoms with E-state index in [1.54, 1.807) is 16.8 Å². The summed E-state index contributed by atoms with van der Waals surface area (Å²) >= 11 is 0.